The average molecular weight is 336 g/mol. The molecular formula is C22H28N2O. The minimum atomic E-state index is -0.101. The Morgan fingerprint density at radius 1 is 1.08 bits per heavy atom. The zero-order chi connectivity index (χ0) is 16.9. The van der Waals surface area contributed by atoms with Gasteiger partial charge in [0.05, 0.1) is 5.54 Å². The van der Waals surface area contributed by atoms with Crippen LogP contribution in [0.25, 0.3) is 0 Å². The fourth-order valence-electron chi connectivity index (χ4n) is 5.90. The van der Waals surface area contributed by atoms with E-state index in [1.165, 1.54) is 37.8 Å². The standard InChI is InChI=1S/C22H28N2O/c25-21-19-7-3-4-8-20(19)22(23-21)9-11-24(12-10-22)15-18-14-16-5-1-2-6-17(18)13-16/h1-4,7-8,16-18H,5-6,9-15H2,(H,23,25). The number of carbonyl (C=O) groups excluding carboxylic acids is 1. The summed E-state index contributed by atoms with van der Waals surface area (Å²) in [5.41, 5.74) is 2.03. The number of nitrogens with zero attached hydrogens (tertiary/aromatic N) is 1. The first kappa shape index (κ1) is 15.6. The molecule has 2 aliphatic heterocycles. The molecule has 132 valence electrons. The van der Waals surface area contributed by atoms with Crippen LogP contribution in [0.3, 0.4) is 0 Å². The number of piperidine rings is 1. The molecule has 3 nitrogen and oxygen atoms in total. The van der Waals surface area contributed by atoms with Crippen molar-refractivity contribution in [3.63, 3.8) is 0 Å². The number of allylic oxidation sites excluding steroid dienone is 2. The lowest BCUT2D eigenvalue weighted by atomic mass is 9.81. The van der Waals surface area contributed by atoms with Crippen molar-refractivity contribution in [1.82, 2.24) is 10.2 Å². The van der Waals surface area contributed by atoms with E-state index in [9.17, 15) is 4.79 Å². The molecule has 25 heavy (non-hydrogen) atoms. The quantitative estimate of drug-likeness (QED) is 0.835. The molecule has 2 fully saturated rings. The third kappa shape index (κ3) is 2.64. The van der Waals surface area contributed by atoms with Crippen molar-refractivity contribution < 1.29 is 4.79 Å². The highest BCUT2D eigenvalue weighted by atomic mass is 16.2. The predicted octanol–water partition coefficient (Wildman–Crippen LogP) is 3.71. The smallest absolute Gasteiger partial charge is 0.252 e. The second-order valence-corrected chi connectivity index (χ2v) is 8.68. The van der Waals surface area contributed by atoms with Gasteiger partial charge >= 0.3 is 0 Å². The van der Waals surface area contributed by atoms with E-state index < -0.39 is 0 Å². The van der Waals surface area contributed by atoms with Crippen molar-refractivity contribution in [2.24, 2.45) is 17.8 Å². The number of likely N-dealkylation sites (tertiary alicyclic amines) is 1. The van der Waals surface area contributed by atoms with Crippen molar-refractivity contribution in [3.05, 3.63) is 47.5 Å². The van der Waals surface area contributed by atoms with E-state index in [0.29, 0.717) is 0 Å². The van der Waals surface area contributed by atoms with Gasteiger partial charge in [0.15, 0.2) is 0 Å². The lowest BCUT2D eigenvalue weighted by Gasteiger charge is -2.41. The van der Waals surface area contributed by atoms with Crippen molar-refractivity contribution >= 4 is 5.91 Å². The Bertz CT molecular complexity index is 702. The molecule has 5 rings (SSSR count). The molecule has 2 bridgehead atoms. The zero-order valence-corrected chi connectivity index (χ0v) is 14.9. The number of hydrogen-bond acceptors (Lipinski definition) is 2. The summed E-state index contributed by atoms with van der Waals surface area (Å²) in [6.45, 7) is 3.48. The van der Waals surface area contributed by atoms with Crippen molar-refractivity contribution in [3.8, 4) is 0 Å². The number of carbonyl (C=O) groups is 1. The maximum Gasteiger partial charge on any atom is 0.252 e. The Balaban J connectivity index is 1.25. The van der Waals surface area contributed by atoms with Gasteiger partial charge in [0, 0.05) is 25.2 Å². The first-order chi connectivity index (χ1) is 12.2. The van der Waals surface area contributed by atoms with Gasteiger partial charge in [-0.25, -0.2) is 0 Å². The minimum Gasteiger partial charge on any atom is -0.342 e. The highest BCUT2D eigenvalue weighted by molar-refractivity contribution is 6.00. The molecule has 3 atom stereocenters. The molecule has 1 aromatic carbocycles. The number of fused-ring (bicyclic) bond motifs is 4. The van der Waals surface area contributed by atoms with Crippen LogP contribution in [0.1, 0.15) is 54.4 Å². The summed E-state index contributed by atoms with van der Waals surface area (Å²) in [6, 6.07) is 8.17. The van der Waals surface area contributed by atoms with Crippen LogP contribution < -0.4 is 5.32 Å². The van der Waals surface area contributed by atoms with Crippen LogP contribution in [0.5, 0.6) is 0 Å². The van der Waals surface area contributed by atoms with Crippen molar-refractivity contribution in [1.29, 1.82) is 0 Å². The second kappa shape index (κ2) is 5.98. The third-order valence-corrected chi connectivity index (χ3v) is 7.26. The van der Waals surface area contributed by atoms with Gasteiger partial charge in [-0.15, -0.1) is 0 Å². The van der Waals surface area contributed by atoms with Gasteiger partial charge in [0.25, 0.3) is 5.91 Å². The van der Waals surface area contributed by atoms with Gasteiger partial charge < -0.3 is 10.2 Å². The highest BCUT2D eigenvalue weighted by Crippen LogP contribution is 2.44. The summed E-state index contributed by atoms with van der Waals surface area (Å²) < 4.78 is 0. The molecule has 0 aromatic heterocycles. The van der Waals surface area contributed by atoms with E-state index in [0.717, 1.165) is 49.2 Å². The van der Waals surface area contributed by atoms with Gasteiger partial charge in [-0.3, -0.25) is 4.79 Å². The highest BCUT2D eigenvalue weighted by Gasteiger charge is 2.45. The van der Waals surface area contributed by atoms with Crippen molar-refractivity contribution in [2.75, 3.05) is 19.6 Å². The van der Waals surface area contributed by atoms with Crippen LogP contribution in [-0.4, -0.2) is 30.4 Å². The van der Waals surface area contributed by atoms with E-state index in [1.807, 2.05) is 12.1 Å². The lowest BCUT2D eigenvalue weighted by molar-refractivity contribution is 0.0833. The summed E-state index contributed by atoms with van der Waals surface area (Å²) >= 11 is 0. The Hall–Kier alpha value is -1.61. The number of amides is 1. The molecule has 1 N–H and O–H groups in total. The molecule has 1 saturated heterocycles. The zero-order valence-electron chi connectivity index (χ0n) is 14.9. The monoisotopic (exact) mass is 336 g/mol. The van der Waals surface area contributed by atoms with E-state index in [2.05, 4.69) is 34.5 Å². The Kier molecular flexibility index (Phi) is 3.74. The molecule has 1 aromatic rings. The summed E-state index contributed by atoms with van der Waals surface area (Å²) in [6.07, 6.45) is 12.4. The Labute approximate surface area is 150 Å². The molecule has 4 aliphatic rings. The van der Waals surface area contributed by atoms with E-state index in [-0.39, 0.29) is 11.4 Å². The maximum absolute atomic E-state index is 12.3. The predicted molar refractivity (Wildman–Crippen MR) is 99.3 cm³/mol. The summed E-state index contributed by atoms with van der Waals surface area (Å²) in [4.78, 5) is 15.0. The molecular weight excluding hydrogens is 308 g/mol. The third-order valence-electron chi connectivity index (χ3n) is 7.26. The summed E-state index contributed by atoms with van der Waals surface area (Å²) in [7, 11) is 0. The molecule has 0 radical (unpaired) electrons. The van der Waals surface area contributed by atoms with Crippen LogP contribution in [0, 0.1) is 17.8 Å². The molecule has 1 spiro atoms. The van der Waals surface area contributed by atoms with Crippen LogP contribution in [0.2, 0.25) is 0 Å². The molecule has 3 unspecified atom stereocenters. The number of benzene rings is 1. The molecule has 1 amide bonds. The average Bonchev–Trinajstić information content (AvgIpc) is 3.01. The van der Waals surface area contributed by atoms with Gasteiger partial charge in [-0.1, -0.05) is 30.4 Å². The Morgan fingerprint density at radius 2 is 1.88 bits per heavy atom. The molecule has 2 heterocycles. The first-order valence-corrected chi connectivity index (χ1v) is 10.0. The SMILES string of the molecule is O=C1NC2(CCN(CC3CC4CC=CCC3C4)CC2)c2ccccc21. The number of nitrogens with one attached hydrogen (secondary N) is 1. The van der Waals surface area contributed by atoms with Gasteiger partial charge in [-0.05, 0) is 67.9 Å². The maximum atomic E-state index is 12.3. The molecule has 3 heteroatoms. The largest absolute Gasteiger partial charge is 0.342 e. The topological polar surface area (TPSA) is 32.3 Å². The van der Waals surface area contributed by atoms with Gasteiger partial charge in [0.1, 0.15) is 0 Å². The van der Waals surface area contributed by atoms with Crippen LogP contribution in [0.15, 0.2) is 36.4 Å². The van der Waals surface area contributed by atoms with Crippen LogP contribution in [-0.2, 0) is 5.54 Å². The Morgan fingerprint density at radius 3 is 2.76 bits per heavy atom. The molecule has 2 aliphatic carbocycles. The fraction of sp³-hybridized carbons (Fsp3) is 0.591. The van der Waals surface area contributed by atoms with E-state index in [1.54, 1.807) is 0 Å². The second-order valence-electron chi connectivity index (χ2n) is 8.68. The normalized spacial score (nSPS) is 33.3. The minimum absolute atomic E-state index is 0.101. The van der Waals surface area contributed by atoms with Gasteiger partial charge in [-0.2, -0.15) is 0 Å². The van der Waals surface area contributed by atoms with E-state index in [4.69, 9.17) is 0 Å². The molecule has 1 saturated carbocycles. The van der Waals surface area contributed by atoms with E-state index >= 15 is 0 Å². The fourth-order valence-corrected chi connectivity index (χ4v) is 5.90. The van der Waals surface area contributed by atoms with Crippen molar-refractivity contribution in [2.45, 2.75) is 44.1 Å². The van der Waals surface area contributed by atoms with Crippen LogP contribution in [0.4, 0.5) is 0 Å². The first-order valence-electron chi connectivity index (χ1n) is 10.0. The number of hydrogen-bond donors (Lipinski definition) is 1. The number of rotatable bonds is 2. The lowest BCUT2D eigenvalue weighted by Crippen LogP contribution is -2.50. The summed E-state index contributed by atoms with van der Waals surface area (Å²) in [5.74, 6) is 2.85. The van der Waals surface area contributed by atoms with Crippen LogP contribution >= 0.6 is 0 Å². The van der Waals surface area contributed by atoms with Gasteiger partial charge in [0.2, 0.25) is 0 Å². The summed E-state index contributed by atoms with van der Waals surface area (Å²) in [5, 5.41) is 3.32.